The second-order valence-corrected chi connectivity index (χ2v) is 5.63. The maximum atomic E-state index is 11.9. The molecule has 0 spiro atoms. The van der Waals surface area contributed by atoms with Crippen LogP contribution in [0.1, 0.15) is 45.4 Å². The zero-order chi connectivity index (χ0) is 13.5. The molecule has 0 aromatic heterocycles. The number of nitrogens with two attached hydrogens (primary N) is 1. The van der Waals surface area contributed by atoms with Gasteiger partial charge in [-0.1, -0.05) is 26.2 Å². The van der Waals surface area contributed by atoms with Crippen molar-refractivity contribution in [3.8, 4) is 0 Å². The van der Waals surface area contributed by atoms with Crippen molar-refractivity contribution in [3.05, 3.63) is 0 Å². The highest BCUT2D eigenvalue weighted by atomic mass is 16.2. The van der Waals surface area contributed by atoms with E-state index in [0.717, 1.165) is 25.8 Å². The molecule has 1 amide bonds. The van der Waals surface area contributed by atoms with E-state index in [1.807, 2.05) is 14.1 Å². The van der Waals surface area contributed by atoms with Gasteiger partial charge >= 0.3 is 0 Å². The van der Waals surface area contributed by atoms with Crippen LogP contribution in [0.5, 0.6) is 0 Å². The second-order valence-electron chi connectivity index (χ2n) is 5.63. The summed E-state index contributed by atoms with van der Waals surface area (Å²) in [7, 11) is 3.64. The first kappa shape index (κ1) is 15.4. The maximum Gasteiger partial charge on any atom is 0.236 e. The smallest absolute Gasteiger partial charge is 0.236 e. The minimum Gasteiger partial charge on any atom is -0.348 e. The molecule has 0 radical (unpaired) electrons. The summed E-state index contributed by atoms with van der Waals surface area (Å²) in [6.07, 6.45) is 7.08. The van der Waals surface area contributed by atoms with Crippen molar-refractivity contribution >= 4 is 5.91 Å². The van der Waals surface area contributed by atoms with Crippen molar-refractivity contribution in [1.29, 1.82) is 0 Å². The molecule has 106 valence electrons. The lowest BCUT2D eigenvalue weighted by molar-refractivity contribution is -0.130. The van der Waals surface area contributed by atoms with Gasteiger partial charge in [0.15, 0.2) is 0 Å². The first-order valence-corrected chi connectivity index (χ1v) is 7.26. The van der Waals surface area contributed by atoms with Crippen LogP contribution in [0.15, 0.2) is 0 Å². The third-order valence-corrected chi connectivity index (χ3v) is 3.85. The summed E-state index contributed by atoms with van der Waals surface area (Å²) in [5, 5.41) is 0. The molecule has 0 aromatic rings. The lowest BCUT2D eigenvalue weighted by atomic mass is 10.0. The highest BCUT2D eigenvalue weighted by Crippen LogP contribution is 2.21. The number of hydrogen-bond acceptors (Lipinski definition) is 3. The first-order valence-electron chi connectivity index (χ1n) is 7.26. The first-order chi connectivity index (χ1) is 8.56. The molecule has 1 aliphatic rings. The van der Waals surface area contributed by atoms with Gasteiger partial charge in [-0.05, 0) is 25.8 Å². The Kier molecular flexibility index (Phi) is 6.65. The predicted molar refractivity (Wildman–Crippen MR) is 75.4 cm³/mol. The van der Waals surface area contributed by atoms with Gasteiger partial charge in [0.1, 0.15) is 0 Å². The lowest BCUT2D eigenvalue weighted by Crippen LogP contribution is -2.50. The summed E-state index contributed by atoms with van der Waals surface area (Å²) in [6.45, 7) is 3.65. The number of carbonyl (C=O) groups is 1. The van der Waals surface area contributed by atoms with E-state index in [9.17, 15) is 4.79 Å². The molecule has 4 nitrogen and oxygen atoms in total. The number of hydrogen-bond donors (Lipinski definition) is 1. The topological polar surface area (TPSA) is 49.6 Å². The number of rotatable bonds is 5. The summed E-state index contributed by atoms with van der Waals surface area (Å²) in [6, 6.07) is 0.616. The van der Waals surface area contributed by atoms with E-state index in [2.05, 4.69) is 11.8 Å². The van der Waals surface area contributed by atoms with Crippen LogP contribution in [0.25, 0.3) is 0 Å². The average Bonchev–Trinajstić information content (AvgIpc) is 2.53. The Morgan fingerprint density at radius 3 is 2.50 bits per heavy atom. The summed E-state index contributed by atoms with van der Waals surface area (Å²) < 4.78 is 0. The number of carbonyl (C=O) groups excluding carboxylic acids is 1. The monoisotopic (exact) mass is 255 g/mol. The number of likely N-dealkylation sites (N-methyl/N-ethyl adjacent to an activating group) is 1. The Hall–Kier alpha value is -0.610. The van der Waals surface area contributed by atoms with E-state index in [-0.39, 0.29) is 11.9 Å². The minimum atomic E-state index is 0.180. The minimum absolute atomic E-state index is 0.180. The normalized spacial score (nSPS) is 24.9. The molecule has 1 rings (SSSR count). The second kappa shape index (κ2) is 7.74. The van der Waals surface area contributed by atoms with Crippen LogP contribution < -0.4 is 5.73 Å². The molecule has 4 heteroatoms. The molecule has 0 aromatic carbocycles. The van der Waals surface area contributed by atoms with E-state index < -0.39 is 0 Å². The lowest BCUT2D eigenvalue weighted by Gasteiger charge is -2.34. The van der Waals surface area contributed by atoms with Crippen molar-refractivity contribution in [2.45, 2.75) is 57.5 Å². The van der Waals surface area contributed by atoms with E-state index in [1.165, 1.54) is 19.3 Å². The van der Waals surface area contributed by atoms with Crippen molar-refractivity contribution in [3.63, 3.8) is 0 Å². The Bertz CT molecular complexity index is 255. The van der Waals surface area contributed by atoms with Crippen LogP contribution in [-0.4, -0.2) is 55.0 Å². The van der Waals surface area contributed by atoms with E-state index >= 15 is 0 Å². The molecular formula is C14H29N3O. The number of nitrogens with zero attached hydrogens (tertiary/aromatic N) is 2. The van der Waals surface area contributed by atoms with E-state index in [4.69, 9.17) is 5.73 Å². The van der Waals surface area contributed by atoms with Crippen molar-refractivity contribution < 1.29 is 4.79 Å². The summed E-state index contributed by atoms with van der Waals surface area (Å²) in [5.41, 5.74) is 6.30. The van der Waals surface area contributed by atoms with E-state index in [1.54, 1.807) is 4.90 Å². The highest BCUT2D eigenvalue weighted by Gasteiger charge is 2.27. The molecule has 0 heterocycles. The Morgan fingerprint density at radius 2 is 1.89 bits per heavy atom. The van der Waals surface area contributed by atoms with Gasteiger partial charge < -0.3 is 10.6 Å². The van der Waals surface area contributed by atoms with Crippen LogP contribution in [0.2, 0.25) is 0 Å². The van der Waals surface area contributed by atoms with Gasteiger partial charge in [-0.25, -0.2) is 0 Å². The quantitative estimate of drug-likeness (QED) is 0.756. The molecule has 0 saturated heterocycles. The SMILES string of the molecule is CCCN(CC(=O)N(C)C)C1CCCCCC1N. The largest absolute Gasteiger partial charge is 0.348 e. The molecule has 2 N–H and O–H groups in total. The molecule has 18 heavy (non-hydrogen) atoms. The van der Waals surface area contributed by atoms with Crippen molar-refractivity contribution in [1.82, 2.24) is 9.80 Å². The van der Waals surface area contributed by atoms with Crippen molar-refractivity contribution in [2.75, 3.05) is 27.2 Å². The molecule has 1 fully saturated rings. The van der Waals surface area contributed by atoms with E-state index in [0.29, 0.717) is 12.6 Å². The molecule has 0 aliphatic heterocycles. The summed E-state index contributed by atoms with van der Waals surface area (Å²) in [5.74, 6) is 0.180. The van der Waals surface area contributed by atoms with Crippen molar-refractivity contribution in [2.24, 2.45) is 5.73 Å². The fourth-order valence-electron chi connectivity index (χ4n) is 2.73. The molecular weight excluding hydrogens is 226 g/mol. The van der Waals surface area contributed by atoms with Crippen LogP contribution in [-0.2, 0) is 4.79 Å². The van der Waals surface area contributed by atoms with Gasteiger partial charge in [0.2, 0.25) is 5.91 Å². The Balaban J connectivity index is 2.65. The van der Waals surface area contributed by atoms with Gasteiger partial charge in [0.05, 0.1) is 6.54 Å². The molecule has 1 saturated carbocycles. The fraction of sp³-hybridized carbons (Fsp3) is 0.929. The Morgan fingerprint density at radius 1 is 1.22 bits per heavy atom. The van der Waals surface area contributed by atoms with Gasteiger partial charge in [0.25, 0.3) is 0 Å². The molecule has 0 bridgehead atoms. The highest BCUT2D eigenvalue weighted by molar-refractivity contribution is 5.77. The van der Waals surface area contributed by atoms with Crippen LogP contribution in [0.3, 0.4) is 0 Å². The zero-order valence-electron chi connectivity index (χ0n) is 12.2. The summed E-state index contributed by atoms with van der Waals surface area (Å²) in [4.78, 5) is 15.9. The van der Waals surface area contributed by atoms with Gasteiger partial charge in [-0.15, -0.1) is 0 Å². The summed E-state index contributed by atoms with van der Waals surface area (Å²) >= 11 is 0. The molecule has 2 unspecified atom stereocenters. The molecule has 1 aliphatic carbocycles. The average molecular weight is 255 g/mol. The third-order valence-electron chi connectivity index (χ3n) is 3.85. The van der Waals surface area contributed by atoms with Gasteiger partial charge in [-0.2, -0.15) is 0 Å². The standard InChI is InChI=1S/C14H29N3O/c1-4-10-17(11-14(18)16(2)3)13-9-7-5-6-8-12(13)15/h12-13H,4-11,15H2,1-3H3. The molecule has 2 atom stereocenters. The van der Waals surface area contributed by atoms with Crippen LogP contribution in [0.4, 0.5) is 0 Å². The maximum absolute atomic E-state index is 11.9. The Labute approximate surface area is 111 Å². The van der Waals surface area contributed by atoms with Crippen LogP contribution in [0, 0.1) is 0 Å². The zero-order valence-corrected chi connectivity index (χ0v) is 12.2. The predicted octanol–water partition coefficient (Wildman–Crippen LogP) is 1.45. The van der Waals surface area contributed by atoms with Gasteiger partial charge in [0, 0.05) is 26.2 Å². The van der Waals surface area contributed by atoms with Crippen LogP contribution >= 0.6 is 0 Å². The number of amides is 1. The fourth-order valence-corrected chi connectivity index (χ4v) is 2.73. The third kappa shape index (κ3) is 4.58. The van der Waals surface area contributed by atoms with Gasteiger partial charge in [-0.3, -0.25) is 9.69 Å².